The van der Waals surface area contributed by atoms with Crippen LogP contribution in [0.1, 0.15) is 43.9 Å². The predicted molar refractivity (Wildman–Crippen MR) is 162 cm³/mol. The minimum atomic E-state index is -4.11. The van der Waals surface area contributed by atoms with Crippen molar-refractivity contribution >= 4 is 27.5 Å². The van der Waals surface area contributed by atoms with Gasteiger partial charge >= 0.3 is 0 Å². The number of sulfonamides is 1. The van der Waals surface area contributed by atoms with Crippen molar-refractivity contribution in [3.05, 3.63) is 89.5 Å². The van der Waals surface area contributed by atoms with Gasteiger partial charge in [0, 0.05) is 13.1 Å². The van der Waals surface area contributed by atoms with E-state index >= 15 is 0 Å². The Hall–Kier alpha value is -3.85. The highest BCUT2D eigenvalue weighted by molar-refractivity contribution is 7.92. The Labute approximate surface area is 244 Å². The zero-order valence-corrected chi connectivity index (χ0v) is 25.6. The van der Waals surface area contributed by atoms with E-state index in [4.69, 9.17) is 4.74 Å². The summed E-state index contributed by atoms with van der Waals surface area (Å²) in [4.78, 5) is 29.1. The van der Waals surface area contributed by atoms with E-state index in [-0.39, 0.29) is 23.3 Å². The summed E-state index contributed by atoms with van der Waals surface area (Å²) < 4.78 is 34.5. The van der Waals surface area contributed by atoms with Gasteiger partial charge in [-0.05, 0) is 67.6 Å². The molecule has 0 aliphatic rings. The molecule has 0 saturated heterocycles. The summed E-state index contributed by atoms with van der Waals surface area (Å²) in [6.45, 7) is 9.68. The number of carbonyl (C=O) groups excluding carboxylic acids is 2. The third-order valence-electron chi connectivity index (χ3n) is 6.79. The van der Waals surface area contributed by atoms with Gasteiger partial charge in [0.2, 0.25) is 11.8 Å². The summed E-state index contributed by atoms with van der Waals surface area (Å²) in [5.41, 5.74) is 2.86. The Balaban J connectivity index is 2.08. The van der Waals surface area contributed by atoms with Gasteiger partial charge in [-0.15, -0.1) is 0 Å². The van der Waals surface area contributed by atoms with Gasteiger partial charge in [-0.2, -0.15) is 0 Å². The summed E-state index contributed by atoms with van der Waals surface area (Å²) in [6.07, 6.45) is 0.356. The molecule has 0 aliphatic heterocycles. The smallest absolute Gasteiger partial charge is 0.264 e. The van der Waals surface area contributed by atoms with Crippen molar-refractivity contribution in [3.8, 4) is 5.75 Å². The van der Waals surface area contributed by atoms with Crippen LogP contribution in [0.15, 0.2) is 77.7 Å². The Kier molecular flexibility index (Phi) is 10.9. The number of anilines is 1. The van der Waals surface area contributed by atoms with Crippen molar-refractivity contribution in [2.24, 2.45) is 5.92 Å². The van der Waals surface area contributed by atoms with Gasteiger partial charge in [-0.3, -0.25) is 13.9 Å². The second kappa shape index (κ2) is 14.2. The van der Waals surface area contributed by atoms with Crippen LogP contribution in [0.25, 0.3) is 0 Å². The SMILES string of the molecule is CC[C@H](C(=O)NCC(C)C)N(Cc1cccc(OC)c1)C(=O)CN(c1ccc(C)cc1C)S(=O)(=O)c1ccccc1. The lowest BCUT2D eigenvalue weighted by atomic mass is 10.1. The number of amides is 2. The highest BCUT2D eigenvalue weighted by Gasteiger charge is 2.34. The maximum Gasteiger partial charge on any atom is 0.264 e. The average molecular weight is 580 g/mol. The molecule has 0 heterocycles. The van der Waals surface area contributed by atoms with Crippen LogP contribution in [0.5, 0.6) is 5.75 Å². The van der Waals surface area contributed by atoms with E-state index in [0.29, 0.717) is 24.4 Å². The zero-order chi connectivity index (χ0) is 30.2. The van der Waals surface area contributed by atoms with Crippen molar-refractivity contribution in [2.45, 2.75) is 58.5 Å². The molecule has 220 valence electrons. The summed E-state index contributed by atoms with van der Waals surface area (Å²) in [7, 11) is -2.55. The summed E-state index contributed by atoms with van der Waals surface area (Å²) >= 11 is 0. The fourth-order valence-corrected chi connectivity index (χ4v) is 6.13. The van der Waals surface area contributed by atoms with Crippen molar-refractivity contribution in [1.82, 2.24) is 10.2 Å². The number of ether oxygens (including phenoxy) is 1. The molecular formula is C32H41N3O5S. The molecule has 0 saturated carbocycles. The summed E-state index contributed by atoms with van der Waals surface area (Å²) in [5, 5.41) is 2.94. The van der Waals surface area contributed by atoms with E-state index in [1.54, 1.807) is 37.4 Å². The molecule has 8 nitrogen and oxygen atoms in total. The molecule has 0 aromatic heterocycles. The predicted octanol–water partition coefficient (Wildman–Crippen LogP) is 5.09. The molecule has 41 heavy (non-hydrogen) atoms. The van der Waals surface area contributed by atoms with E-state index in [1.165, 1.54) is 17.0 Å². The van der Waals surface area contributed by atoms with E-state index in [1.807, 2.05) is 65.0 Å². The van der Waals surface area contributed by atoms with Gasteiger partial charge in [0.05, 0.1) is 17.7 Å². The van der Waals surface area contributed by atoms with Crippen molar-refractivity contribution < 1.29 is 22.7 Å². The maximum atomic E-state index is 14.2. The fraction of sp³-hybridized carbons (Fsp3) is 0.375. The zero-order valence-electron chi connectivity index (χ0n) is 24.8. The summed E-state index contributed by atoms with van der Waals surface area (Å²) in [5.74, 6) is 0.0889. The number of aryl methyl sites for hydroxylation is 2. The van der Waals surface area contributed by atoms with Crippen LogP contribution >= 0.6 is 0 Å². The standard InChI is InChI=1S/C32H41N3O5S/c1-7-29(32(37)33-20-23(2)3)34(21-26-12-11-13-27(19-26)40-6)31(36)22-35(30-17-16-24(4)18-25(30)5)41(38,39)28-14-9-8-10-15-28/h8-19,23,29H,7,20-22H2,1-6H3,(H,33,37)/t29-/m1/s1. The number of nitrogens with zero attached hydrogens (tertiary/aromatic N) is 2. The average Bonchev–Trinajstić information content (AvgIpc) is 2.95. The van der Waals surface area contributed by atoms with Crippen molar-refractivity contribution in [1.29, 1.82) is 0 Å². The molecular weight excluding hydrogens is 538 g/mol. The molecule has 9 heteroatoms. The molecule has 0 unspecified atom stereocenters. The first kappa shape index (κ1) is 31.7. The molecule has 0 bridgehead atoms. The molecule has 1 N–H and O–H groups in total. The van der Waals surface area contributed by atoms with Crippen LogP contribution in [0.2, 0.25) is 0 Å². The molecule has 3 aromatic rings. The van der Waals surface area contributed by atoms with Gasteiger partial charge < -0.3 is 15.0 Å². The number of benzene rings is 3. The third-order valence-corrected chi connectivity index (χ3v) is 8.56. The molecule has 3 aromatic carbocycles. The third kappa shape index (κ3) is 8.10. The second-order valence-corrected chi connectivity index (χ2v) is 12.4. The largest absolute Gasteiger partial charge is 0.497 e. The van der Waals surface area contributed by atoms with E-state index < -0.39 is 28.5 Å². The van der Waals surface area contributed by atoms with Crippen LogP contribution in [0.4, 0.5) is 5.69 Å². The molecule has 2 amide bonds. The van der Waals surface area contributed by atoms with Gasteiger partial charge in [0.1, 0.15) is 18.3 Å². The highest BCUT2D eigenvalue weighted by Crippen LogP contribution is 2.28. The Morgan fingerprint density at radius 1 is 0.951 bits per heavy atom. The second-order valence-electron chi connectivity index (χ2n) is 10.6. The first-order valence-electron chi connectivity index (χ1n) is 13.8. The number of nitrogens with one attached hydrogen (secondary N) is 1. The molecule has 0 fully saturated rings. The number of methoxy groups -OCH3 is 1. The van der Waals surface area contributed by atoms with Gasteiger partial charge in [0.25, 0.3) is 10.0 Å². The lowest BCUT2D eigenvalue weighted by Crippen LogP contribution is -2.52. The topological polar surface area (TPSA) is 96.0 Å². The number of rotatable bonds is 13. The number of hydrogen-bond acceptors (Lipinski definition) is 5. The van der Waals surface area contributed by atoms with Crippen LogP contribution in [0.3, 0.4) is 0 Å². The number of hydrogen-bond donors (Lipinski definition) is 1. The Morgan fingerprint density at radius 3 is 2.27 bits per heavy atom. The van der Waals surface area contributed by atoms with Crippen molar-refractivity contribution in [2.75, 3.05) is 24.5 Å². The lowest BCUT2D eigenvalue weighted by molar-refractivity contribution is -0.140. The van der Waals surface area contributed by atoms with Crippen LogP contribution in [-0.4, -0.2) is 51.4 Å². The Bertz CT molecular complexity index is 1440. The fourth-order valence-electron chi connectivity index (χ4n) is 4.63. The first-order valence-corrected chi connectivity index (χ1v) is 15.3. The van der Waals surface area contributed by atoms with E-state index in [0.717, 1.165) is 21.0 Å². The molecule has 0 radical (unpaired) electrons. The van der Waals surface area contributed by atoms with Gasteiger partial charge in [-0.1, -0.05) is 68.8 Å². The maximum absolute atomic E-state index is 14.2. The minimum Gasteiger partial charge on any atom is -0.497 e. The monoisotopic (exact) mass is 579 g/mol. The van der Waals surface area contributed by atoms with Crippen LogP contribution < -0.4 is 14.4 Å². The minimum absolute atomic E-state index is 0.0776. The van der Waals surface area contributed by atoms with Crippen molar-refractivity contribution in [3.63, 3.8) is 0 Å². The quantitative estimate of drug-likeness (QED) is 0.305. The first-order chi connectivity index (χ1) is 19.5. The molecule has 1 atom stereocenters. The molecule has 0 spiro atoms. The number of carbonyl (C=O) groups is 2. The molecule has 0 aliphatic carbocycles. The highest BCUT2D eigenvalue weighted by atomic mass is 32.2. The Morgan fingerprint density at radius 2 is 1.66 bits per heavy atom. The summed E-state index contributed by atoms with van der Waals surface area (Å²) in [6, 6.07) is 20.0. The van der Waals surface area contributed by atoms with Crippen LogP contribution in [-0.2, 0) is 26.2 Å². The van der Waals surface area contributed by atoms with Gasteiger partial charge in [-0.25, -0.2) is 8.42 Å². The van der Waals surface area contributed by atoms with E-state index in [2.05, 4.69) is 5.32 Å². The normalized spacial score (nSPS) is 12.1. The lowest BCUT2D eigenvalue weighted by Gasteiger charge is -2.33. The van der Waals surface area contributed by atoms with E-state index in [9.17, 15) is 18.0 Å². The molecule has 3 rings (SSSR count). The van der Waals surface area contributed by atoms with Crippen LogP contribution in [0, 0.1) is 19.8 Å². The van der Waals surface area contributed by atoms with Gasteiger partial charge in [0.15, 0.2) is 0 Å².